The first-order valence-corrected chi connectivity index (χ1v) is 7.30. The van der Waals surface area contributed by atoms with Gasteiger partial charge in [-0.25, -0.2) is 0 Å². The second-order valence-corrected chi connectivity index (χ2v) is 5.75. The van der Waals surface area contributed by atoms with Crippen LogP contribution in [0.3, 0.4) is 0 Å². The van der Waals surface area contributed by atoms with Gasteiger partial charge in [0.25, 0.3) is 0 Å². The van der Waals surface area contributed by atoms with Gasteiger partial charge in [-0.2, -0.15) is 0 Å². The Morgan fingerprint density at radius 3 is 2.79 bits per heavy atom. The first kappa shape index (κ1) is 14.4. The highest BCUT2D eigenvalue weighted by Gasteiger charge is 2.12. The van der Waals surface area contributed by atoms with Crippen LogP contribution in [0.25, 0.3) is 0 Å². The molecule has 0 saturated carbocycles. The molecule has 1 aromatic carbocycles. The van der Waals surface area contributed by atoms with Crippen LogP contribution in [-0.4, -0.2) is 49.1 Å². The lowest BCUT2D eigenvalue weighted by atomic mass is 10.2. The van der Waals surface area contributed by atoms with Crippen molar-refractivity contribution >= 4 is 0 Å². The van der Waals surface area contributed by atoms with Crippen LogP contribution in [0.1, 0.15) is 25.8 Å². The minimum absolute atomic E-state index is 0.238. The van der Waals surface area contributed by atoms with E-state index in [0.717, 1.165) is 18.8 Å². The molecule has 3 heteroatoms. The maximum absolute atomic E-state index is 5.76. The number of rotatable bonds is 4. The minimum Gasteiger partial charge on any atom is -0.491 e. The maximum atomic E-state index is 5.76. The average Bonchev–Trinajstić information content (AvgIpc) is 2.54. The fraction of sp³-hybridized carbons (Fsp3) is 0.625. The van der Waals surface area contributed by atoms with Crippen molar-refractivity contribution in [1.82, 2.24) is 9.80 Å². The number of nitrogens with zero attached hydrogens (tertiary/aromatic N) is 2. The molecular weight excluding hydrogens is 236 g/mol. The van der Waals surface area contributed by atoms with Gasteiger partial charge in [0.05, 0.1) is 6.10 Å². The van der Waals surface area contributed by atoms with E-state index >= 15 is 0 Å². The Bertz CT molecular complexity index is 392. The Morgan fingerprint density at radius 1 is 1.16 bits per heavy atom. The SMILES string of the molecule is CC(C)Oc1cccc(CN2CCCN(C)CC2)c1. The van der Waals surface area contributed by atoms with Gasteiger partial charge in [0, 0.05) is 19.6 Å². The summed E-state index contributed by atoms with van der Waals surface area (Å²) in [6.45, 7) is 9.90. The van der Waals surface area contributed by atoms with Gasteiger partial charge in [0.2, 0.25) is 0 Å². The fourth-order valence-corrected chi connectivity index (χ4v) is 2.51. The van der Waals surface area contributed by atoms with Gasteiger partial charge < -0.3 is 9.64 Å². The molecule has 19 heavy (non-hydrogen) atoms. The van der Waals surface area contributed by atoms with E-state index in [4.69, 9.17) is 4.74 Å². The number of ether oxygens (including phenoxy) is 1. The summed E-state index contributed by atoms with van der Waals surface area (Å²) in [6.07, 6.45) is 1.50. The van der Waals surface area contributed by atoms with Gasteiger partial charge in [-0.1, -0.05) is 12.1 Å². The lowest BCUT2D eigenvalue weighted by Crippen LogP contribution is -2.28. The molecule has 0 amide bonds. The summed E-state index contributed by atoms with van der Waals surface area (Å²) in [5.74, 6) is 0.986. The number of benzene rings is 1. The molecule has 0 aliphatic carbocycles. The number of hydrogen-bond acceptors (Lipinski definition) is 3. The summed E-state index contributed by atoms with van der Waals surface area (Å²) in [6, 6.07) is 8.51. The van der Waals surface area contributed by atoms with Crippen LogP contribution in [-0.2, 0) is 6.54 Å². The standard InChI is InChI=1S/C16H26N2O/c1-14(2)19-16-7-4-6-15(12-16)13-18-9-5-8-17(3)10-11-18/h4,6-7,12,14H,5,8-11,13H2,1-3H3. The summed E-state index contributed by atoms with van der Waals surface area (Å²) >= 11 is 0. The van der Waals surface area contributed by atoms with Gasteiger partial charge in [-0.05, 0) is 58.1 Å². The highest BCUT2D eigenvalue weighted by Crippen LogP contribution is 2.17. The third kappa shape index (κ3) is 4.84. The van der Waals surface area contributed by atoms with Crippen molar-refractivity contribution in [2.45, 2.75) is 32.9 Å². The molecule has 0 radical (unpaired) electrons. The third-order valence-electron chi connectivity index (χ3n) is 3.49. The Labute approximate surface area is 117 Å². The van der Waals surface area contributed by atoms with Crippen molar-refractivity contribution < 1.29 is 4.74 Å². The third-order valence-corrected chi connectivity index (χ3v) is 3.49. The molecule has 1 aromatic rings. The number of likely N-dealkylation sites (N-methyl/N-ethyl adjacent to an activating group) is 1. The van der Waals surface area contributed by atoms with Crippen LogP contribution >= 0.6 is 0 Å². The monoisotopic (exact) mass is 262 g/mol. The molecule has 106 valence electrons. The van der Waals surface area contributed by atoms with Gasteiger partial charge in [0.1, 0.15) is 5.75 Å². The van der Waals surface area contributed by atoms with Crippen molar-refractivity contribution in [3.8, 4) is 5.75 Å². The van der Waals surface area contributed by atoms with Gasteiger partial charge >= 0.3 is 0 Å². The summed E-state index contributed by atoms with van der Waals surface area (Å²) in [5.41, 5.74) is 1.35. The van der Waals surface area contributed by atoms with E-state index in [-0.39, 0.29) is 6.10 Å². The quantitative estimate of drug-likeness (QED) is 0.829. The van der Waals surface area contributed by atoms with Crippen molar-refractivity contribution in [2.75, 3.05) is 33.2 Å². The normalized spacial score (nSPS) is 18.5. The molecule has 1 aliphatic rings. The Morgan fingerprint density at radius 2 is 2.00 bits per heavy atom. The van der Waals surface area contributed by atoms with Crippen LogP contribution in [0.2, 0.25) is 0 Å². The van der Waals surface area contributed by atoms with Crippen molar-refractivity contribution in [3.63, 3.8) is 0 Å². The van der Waals surface area contributed by atoms with Gasteiger partial charge in [0.15, 0.2) is 0 Å². The van der Waals surface area contributed by atoms with E-state index in [1.807, 2.05) is 6.07 Å². The first-order valence-electron chi connectivity index (χ1n) is 7.30. The molecule has 0 unspecified atom stereocenters. The topological polar surface area (TPSA) is 15.7 Å². The Balaban J connectivity index is 1.94. The largest absolute Gasteiger partial charge is 0.491 e. The van der Waals surface area contributed by atoms with E-state index in [9.17, 15) is 0 Å². The molecule has 1 fully saturated rings. The molecule has 1 aliphatic heterocycles. The van der Waals surface area contributed by atoms with Crippen LogP contribution in [0.4, 0.5) is 0 Å². The van der Waals surface area contributed by atoms with Crippen LogP contribution in [0.5, 0.6) is 5.75 Å². The maximum Gasteiger partial charge on any atom is 0.120 e. The Hall–Kier alpha value is -1.06. The minimum atomic E-state index is 0.238. The predicted octanol–water partition coefficient (Wildman–Crippen LogP) is 2.61. The lowest BCUT2D eigenvalue weighted by molar-refractivity contribution is 0.240. The van der Waals surface area contributed by atoms with Crippen LogP contribution in [0, 0.1) is 0 Å². The van der Waals surface area contributed by atoms with Crippen molar-refractivity contribution in [3.05, 3.63) is 29.8 Å². The first-order chi connectivity index (χ1) is 9.13. The zero-order chi connectivity index (χ0) is 13.7. The molecule has 1 heterocycles. The van der Waals surface area contributed by atoms with Crippen LogP contribution in [0.15, 0.2) is 24.3 Å². The molecule has 1 saturated heterocycles. The van der Waals surface area contributed by atoms with Crippen LogP contribution < -0.4 is 4.74 Å². The van der Waals surface area contributed by atoms with E-state index in [1.165, 1.54) is 31.6 Å². The molecule has 2 rings (SSSR count). The smallest absolute Gasteiger partial charge is 0.120 e. The average molecular weight is 262 g/mol. The molecule has 0 atom stereocenters. The summed E-state index contributed by atoms with van der Waals surface area (Å²) in [5, 5.41) is 0. The molecule has 0 bridgehead atoms. The summed E-state index contributed by atoms with van der Waals surface area (Å²) in [4.78, 5) is 4.95. The molecule has 0 spiro atoms. The van der Waals surface area contributed by atoms with Crippen molar-refractivity contribution in [2.24, 2.45) is 0 Å². The highest BCUT2D eigenvalue weighted by atomic mass is 16.5. The van der Waals surface area contributed by atoms with E-state index in [0.29, 0.717) is 0 Å². The van der Waals surface area contributed by atoms with Gasteiger partial charge in [-0.15, -0.1) is 0 Å². The molecule has 0 N–H and O–H groups in total. The van der Waals surface area contributed by atoms with E-state index in [1.54, 1.807) is 0 Å². The predicted molar refractivity (Wildman–Crippen MR) is 79.6 cm³/mol. The molecular formula is C16H26N2O. The molecule has 0 aromatic heterocycles. The van der Waals surface area contributed by atoms with E-state index in [2.05, 4.69) is 48.9 Å². The van der Waals surface area contributed by atoms with E-state index < -0.39 is 0 Å². The summed E-state index contributed by atoms with van der Waals surface area (Å²) < 4.78 is 5.76. The fourth-order valence-electron chi connectivity index (χ4n) is 2.51. The molecule has 3 nitrogen and oxygen atoms in total. The highest BCUT2D eigenvalue weighted by molar-refractivity contribution is 5.28. The number of hydrogen-bond donors (Lipinski definition) is 0. The second kappa shape index (κ2) is 6.92. The summed E-state index contributed by atoms with van der Waals surface area (Å²) in [7, 11) is 2.21. The van der Waals surface area contributed by atoms with Crippen molar-refractivity contribution in [1.29, 1.82) is 0 Å². The zero-order valence-corrected chi connectivity index (χ0v) is 12.4. The lowest BCUT2D eigenvalue weighted by Gasteiger charge is -2.20. The zero-order valence-electron chi connectivity index (χ0n) is 12.4. The Kier molecular flexibility index (Phi) is 5.23. The van der Waals surface area contributed by atoms with Gasteiger partial charge in [-0.3, -0.25) is 4.90 Å². The second-order valence-electron chi connectivity index (χ2n) is 5.75.